The number of benzene rings is 2. The van der Waals surface area contributed by atoms with Gasteiger partial charge in [-0.25, -0.2) is 4.98 Å². The molecule has 1 saturated heterocycles. The zero-order valence-corrected chi connectivity index (χ0v) is 16.0. The molecule has 28 heavy (non-hydrogen) atoms. The molecule has 1 aliphatic rings. The first kappa shape index (κ1) is 18.3. The molecule has 1 fully saturated rings. The molecule has 0 unspecified atom stereocenters. The van der Waals surface area contributed by atoms with Gasteiger partial charge in [0.1, 0.15) is 5.01 Å². The van der Waals surface area contributed by atoms with Gasteiger partial charge in [-0.1, -0.05) is 23.9 Å². The minimum atomic E-state index is -0.520. The van der Waals surface area contributed by atoms with Crippen molar-refractivity contribution in [2.24, 2.45) is 0 Å². The van der Waals surface area contributed by atoms with Gasteiger partial charge in [-0.2, -0.15) is 0 Å². The van der Waals surface area contributed by atoms with Crippen molar-refractivity contribution < 1.29 is 14.5 Å². The summed E-state index contributed by atoms with van der Waals surface area (Å²) in [5.74, 6) is -0.154. The average molecular weight is 411 g/mol. The molecule has 1 aromatic heterocycles. The predicted octanol–water partition coefficient (Wildman–Crippen LogP) is 3.96. The predicted molar refractivity (Wildman–Crippen MR) is 109 cm³/mol. The topological polar surface area (TPSA) is 93.4 Å². The monoisotopic (exact) mass is 411 g/mol. The first-order valence-corrected chi connectivity index (χ1v) is 10.1. The first-order valence-electron chi connectivity index (χ1n) is 8.29. The van der Waals surface area contributed by atoms with Crippen molar-refractivity contribution >= 4 is 56.8 Å². The zero-order chi connectivity index (χ0) is 19.7. The van der Waals surface area contributed by atoms with Crippen molar-refractivity contribution in [3.05, 3.63) is 74.2 Å². The lowest BCUT2D eigenvalue weighted by Gasteiger charge is -2.15. The summed E-state index contributed by atoms with van der Waals surface area (Å²) in [6.45, 7) is -0.111. The Bertz CT molecular complexity index is 1090. The number of hydrogen-bond donors (Lipinski definition) is 0. The average Bonchev–Trinajstić information content (AvgIpc) is 3.26. The Labute approximate surface area is 167 Å². The third-order valence-corrected chi connectivity index (χ3v) is 6.18. The van der Waals surface area contributed by atoms with Crippen LogP contribution < -0.4 is 0 Å². The highest BCUT2D eigenvalue weighted by Crippen LogP contribution is 2.33. The van der Waals surface area contributed by atoms with Gasteiger partial charge < -0.3 is 0 Å². The molecule has 0 saturated carbocycles. The van der Waals surface area contributed by atoms with Crippen LogP contribution in [0, 0.1) is 10.1 Å². The van der Waals surface area contributed by atoms with Crippen molar-refractivity contribution in [1.82, 2.24) is 9.88 Å². The number of hydrogen-bond acceptors (Lipinski definition) is 7. The number of nitrogens with zero attached hydrogens (tertiary/aromatic N) is 3. The van der Waals surface area contributed by atoms with Crippen LogP contribution in [-0.4, -0.2) is 38.8 Å². The molecule has 0 spiro atoms. The van der Waals surface area contributed by atoms with Crippen LogP contribution in [0.2, 0.25) is 0 Å². The molecule has 1 amide bonds. The number of fused-ring (bicyclic) bond motifs is 1. The van der Waals surface area contributed by atoms with Gasteiger partial charge in [-0.3, -0.25) is 24.6 Å². The molecular weight excluding hydrogens is 398 g/mol. The van der Waals surface area contributed by atoms with Crippen LogP contribution in [0.4, 0.5) is 5.69 Å². The number of non-ortho nitro benzene ring substituents is 1. The van der Waals surface area contributed by atoms with Crippen molar-refractivity contribution in [1.29, 1.82) is 0 Å². The van der Waals surface area contributed by atoms with E-state index in [0.717, 1.165) is 15.2 Å². The fourth-order valence-electron chi connectivity index (χ4n) is 2.76. The molecule has 3 aromatic rings. The zero-order valence-electron chi connectivity index (χ0n) is 14.4. The van der Waals surface area contributed by atoms with E-state index in [-0.39, 0.29) is 29.7 Å². The summed E-state index contributed by atoms with van der Waals surface area (Å²) in [5.41, 5.74) is 1.14. The number of carbonyl (C=O) groups excluding carboxylic acids is 2. The van der Waals surface area contributed by atoms with Crippen molar-refractivity contribution in [2.75, 3.05) is 12.3 Å². The van der Waals surface area contributed by atoms with Crippen LogP contribution >= 0.6 is 23.1 Å². The second kappa shape index (κ2) is 7.53. The minimum Gasteiger partial charge on any atom is -0.298 e. The fraction of sp³-hybridized carbons (Fsp3) is 0.105. The maximum absolute atomic E-state index is 12.6. The Morgan fingerprint density at radius 2 is 1.96 bits per heavy atom. The number of ketones is 1. The maximum Gasteiger partial charge on any atom is 0.269 e. The Balaban J connectivity index is 1.55. The van der Waals surface area contributed by atoms with Gasteiger partial charge in [0.25, 0.3) is 5.69 Å². The number of thiazole rings is 1. The lowest BCUT2D eigenvalue weighted by molar-refractivity contribution is -0.384. The molecule has 7 nitrogen and oxygen atoms in total. The number of nitro groups is 1. The van der Waals surface area contributed by atoms with Gasteiger partial charge in [0.2, 0.25) is 5.91 Å². The highest BCUT2D eigenvalue weighted by molar-refractivity contribution is 8.04. The van der Waals surface area contributed by atoms with E-state index >= 15 is 0 Å². The Hall–Kier alpha value is -3.04. The lowest BCUT2D eigenvalue weighted by Crippen LogP contribution is -2.30. The number of carbonyl (C=O) groups is 2. The quantitative estimate of drug-likeness (QED) is 0.358. The largest absolute Gasteiger partial charge is 0.298 e. The number of aromatic nitrogens is 1. The van der Waals surface area contributed by atoms with Gasteiger partial charge in [0, 0.05) is 23.8 Å². The normalized spacial score (nSPS) is 15.5. The Morgan fingerprint density at radius 3 is 2.68 bits per heavy atom. The third kappa shape index (κ3) is 3.67. The molecule has 0 aliphatic carbocycles. The van der Waals surface area contributed by atoms with Crippen LogP contribution in [0.5, 0.6) is 0 Å². The highest BCUT2D eigenvalue weighted by atomic mass is 32.2. The van der Waals surface area contributed by atoms with Crippen LogP contribution in [0.15, 0.2) is 53.6 Å². The lowest BCUT2D eigenvalue weighted by atomic mass is 10.1. The number of Topliss-reactive ketones (excluding diaryl/α,β-unsaturated/α-hetero) is 1. The standard InChI is InChI=1S/C19H13N3O4S2/c23-15(12-5-7-13(8-6-12)22(25)26)10-21-18(24)11-27-19(21)9-17-20-14-3-1-2-4-16(14)28-17/h1-9H,10-11H2. The molecule has 2 aromatic carbocycles. The summed E-state index contributed by atoms with van der Waals surface area (Å²) in [4.78, 5) is 41.0. The van der Waals surface area contributed by atoms with Crippen LogP contribution in [-0.2, 0) is 4.79 Å². The Kier molecular flexibility index (Phi) is 4.93. The molecule has 0 bridgehead atoms. The van der Waals surface area contributed by atoms with E-state index in [1.54, 1.807) is 0 Å². The van der Waals surface area contributed by atoms with Gasteiger partial charge in [0.15, 0.2) is 5.78 Å². The van der Waals surface area contributed by atoms with Gasteiger partial charge in [-0.15, -0.1) is 11.3 Å². The molecule has 2 heterocycles. The van der Waals surface area contributed by atoms with E-state index in [1.165, 1.54) is 52.3 Å². The van der Waals surface area contributed by atoms with Crippen molar-refractivity contribution in [3.8, 4) is 0 Å². The SMILES string of the molecule is O=C(CN1C(=O)CSC1=Cc1nc2ccccc2s1)c1ccc([N+](=O)[O-])cc1. The summed E-state index contributed by atoms with van der Waals surface area (Å²) >= 11 is 2.89. The third-order valence-electron chi connectivity index (χ3n) is 4.17. The van der Waals surface area contributed by atoms with E-state index in [2.05, 4.69) is 4.98 Å². The summed E-state index contributed by atoms with van der Waals surface area (Å²) < 4.78 is 1.05. The van der Waals surface area contributed by atoms with Crippen molar-refractivity contribution in [2.45, 2.75) is 0 Å². The minimum absolute atomic E-state index is 0.0826. The molecule has 0 radical (unpaired) electrons. The fourth-order valence-corrected chi connectivity index (χ4v) is 4.69. The van der Waals surface area contributed by atoms with E-state index in [0.29, 0.717) is 10.6 Å². The maximum atomic E-state index is 12.6. The van der Waals surface area contributed by atoms with Gasteiger partial charge in [0.05, 0.1) is 32.5 Å². The Morgan fingerprint density at radius 1 is 1.21 bits per heavy atom. The number of para-hydroxylation sites is 1. The number of thioether (sulfide) groups is 1. The molecular formula is C19H13N3O4S2. The molecule has 140 valence electrons. The van der Waals surface area contributed by atoms with E-state index < -0.39 is 4.92 Å². The first-order chi connectivity index (χ1) is 13.5. The van der Waals surface area contributed by atoms with Gasteiger partial charge >= 0.3 is 0 Å². The molecule has 1 aliphatic heterocycles. The summed E-state index contributed by atoms with van der Waals surface area (Å²) in [5, 5.41) is 12.2. The summed E-state index contributed by atoms with van der Waals surface area (Å²) in [6, 6.07) is 13.2. The number of nitro benzene ring substituents is 1. The van der Waals surface area contributed by atoms with E-state index in [1.807, 2.05) is 30.3 Å². The van der Waals surface area contributed by atoms with Gasteiger partial charge in [-0.05, 0) is 24.3 Å². The highest BCUT2D eigenvalue weighted by Gasteiger charge is 2.29. The van der Waals surface area contributed by atoms with Crippen LogP contribution in [0.1, 0.15) is 15.4 Å². The smallest absolute Gasteiger partial charge is 0.269 e. The summed E-state index contributed by atoms with van der Waals surface area (Å²) in [7, 11) is 0. The molecule has 0 atom stereocenters. The number of rotatable bonds is 5. The van der Waals surface area contributed by atoms with Crippen LogP contribution in [0.3, 0.4) is 0 Å². The van der Waals surface area contributed by atoms with E-state index in [9.17, 15) is 19.7 Å². The molecule has 4 rings (SSSR count). The van der Waals surface area contributed by atoms with Crippen molar-refractivity contribution in [3.63, 3.8) is 0 Å². The summed E-state index contributed by atoms with van der Waals surface area (Å²) in [6.07, 6.45) is 1.82. The van der Waals surface area contributed by atoms with E-state index in [4.69, 9.17) is 0 Å². The molecule has 9 heteroatoms. The number of amides is 1. The second-order valence-corrected chi connectivity index (χ2v) is 8.06. The molecule has 0 N–H and O–H groups in total. The van der Waals surface area contributed by atoms with Crippen LogP contribution in [0.25, 0.3) is 16.3 Å². The second-order valence-electron chi connectivity index (χ2n) is 6.00.